The van der Waals surface area contributed by atoms with Crippen molar-refractivity contribution in [3.8, 4) is 5.88 Å². The van der Waals surface area contributed by atoms with E-state index in [0.717, 1.165) is 11.3 Å². The lowest BCUT2D eigenvalue weighted by atomic mass is 10.1. The number of nitrogens with zero attached hydrogens (tertiary/aromatic N) is 2. The molecule has 120 valence electrons. The number of aryl methyl sites for hydroxylation is 2. The third-order valence-electron chi connectivity index (χ3n) is 3.45. The van der Waals surface area contributed by atoms with Gasteiger partial charge in [-0.05, 0) is 24.6 Å². The van der Waals surface area contributed by atoms with Crippen LogP contribution in [0.15, 0.2) is 18.2 Å². The number of halogens is 2. The lowest BCUT2D eigenvalue weighted by Crippen LogP contribution is -2.21. The maximum Gasteiger partial charge on any atom is 0.216 e. The molecule has 22 heavy (non-hydrogen) atoms. The van der Waals surface area contributed by atoms with E-state index in [1.807, 2.05) is 6.92 Å². The largest absolute Gasteiger partial charge is 0.481 e. The third kappa shape index (κ3) is 3.58. The molecule has 2 aromatic rings. The van der Waals surface area contributed by atoms with Gasteiger partial charge in [0.2, 0.25) is 5.88 Å². The molecule has 0 fully saturated rings. The molecule has 1 aromatic heterocycles. The number of rotatable bonds is 6. The van der Waals surface area contributed by atoms with Crippen LogP contribution in [0.3, 0.4) is 0 Å². The van der Waals surface area contributed by atoms with Crippen molar-refractivity contribution in [3.05, 3.63) is 45.9 Å². The highest BCUT2D eigenvalue weighted by molar-refractivity contribution is 6.30. The Morgan fingerprint density at radius 3 is 2.86 bits per heavy atom. The minimum atomic E-state index is -0.824. The number of benzene rings is 1. The maximum absolute atomic E-state index is 13.4. The fourth-order valence-electron chi connectivity index (χ4n) is 2.31. The van der Waals surface area contributed by atoms with Gasteiger partial charge in [-0.15, -0.1) is 0 Å². The van der Waals surface area contributed by atoms with Crippen molar-refractivity contribution < 1.29 is 14.2 Å². The Morgan fingerprint density at radius 1 is 1.50 bits per heavy atom. The van der Waals surface area contributed by atoms with Crippen LogP contribution in [0.4, 0.5) is 4.39 Å². The van der Waals surface area contributed by atoms with Gasteiger partial charge in [-0.1, -0.05) is 17.7 Å². The first-order valence-electron chi connectivity index (χ1n) is 6.84. The molecule has 0 aliphatic heterocycles. The number of aliphatic hydroxyl groups excluding tert-OH is 1. The van der Waals surface area contributed by atoms with Crippen LogP contribution in [0.1, 0.15) is 22.9 Å². The summed E-state index contributed by atoms with van der Waals surface area (Å²) >= 11 is 5.63. The minimum absolute atomic E-state index is 0.0413. The highest BCUT2D eigenvalue weighted by Crippen LogP contribution is 2.22. The van der Waals surface area contributed by atoms with E-state index in [-0.39, 0.29) is 11.6 Å². The summed E-state index contributed by atoms with van der Waals surface area (Å²) in [4.78, 5) is 0. The van der Waals surface area contributed by atoms with Crippen molar-refractivity contribution in [1.82, 2.24) is 15.1 Å². The molecule has 0 saturated heterocycles. The number of nitrogens with one attached hydrogen (secondary N) is 1. The molecule has 0 spiro atoms. The number of ether oxygens (including phenoxy) is 1. The monoisotopic (exact) mass is 327 g/mol. The van der Waals surface area contributed by atoms with Crippen molar-refractivity contribution in [2.24, 2.45) is 7.05 Å². The molecule has 0 bridgehead atoms. The van der Waals surface area contributed by atoms with Crippen LogP contribution in [-0.4, -0.2) is 28.5 Å². The highest BCUT2D eigenvalue weighted by Gasteiger charge is 2.15. The first-order valence-corrected chi connectivity index (χ1v) is 7.22. The lowest BCUT2D eigenvalue weighted by Gasteiger charge is -2.13. The van der Waals surface area contributed by atoms with Crippen LogP contribution in [-0.2, 0) is 13.6 Å². The fraction of sp³-hybridized carbons (Fsp3) is 0.400. The predicted octanol–water partition coefficient (Wildman–Crippen LogP) is 2.35. The van der Waals surface area contributed by atoms with E-state index in [1.54, 1.807) is 24.9 Å². The molecule has 0 aliphatic carbocycles. The van der Waals surface area contributed by atoms with Gasteiger partial charge in [0.1, 0.15) is 5.82 Å². The van der Waals surface area contributed by atoms with Crippen molar-refractivity contribution in [2.75, 3.05) is 13.7 Å². The summed E-state index contributed by atoms with van der Waals surface area (Å²) in [5.74, 6) is 0.139. The van der Waals surface area contributed by atoms with Crippen molar-refractivity contribution in [2.45, 2.75) is 19.6 Å². The topological polar surface area (TPSA) is 59.3 Å². The van der Waals surface area contributed by atoms with Gasteiger partial charge in [0.15, 0.2) is 0 Å². The van der Waals surface area contributed by atoms with Crippen LogP contribution < -0.4 is 10.1 Å². The van der Waals surface area contributed by atoms with Crippen LogP contribution in [0.5, 0.6) is 5.88 Å². The molecule has 0 radical (unpaired) electrons. The van der Waals surface area contributed by atoms with Crippen molar-refractivity contribution >= 4 is 11.6 Å². The quantitative estimate of drug-likeness (QED) is 0.855. The smallest absolute Gasteiger partial charge is 0.216 e. The number of aromatic nitrogens is 2. The lowest BCUT2D eigenvalue weighted by molar-refractivity contribution is 0.173. The summed E-state index contributed by atoms with van der Waals surface area (Å²) in [5.41, 5.74) is 2.27. The predicted molar refractivity (Wildman–Crippen MR) is 82.6 cm³/mol. The summed E-state index contributed by atoms with van der Waals surface area (Å²) < 4.78 is 20.4. The molecule has 1 heterocycles. The molecule has 0 aliphatic rings. The van der Waals surface area contributed by atoms with Gasteiger partial charge in [-0.2, -0.15) is 5.10 Å². The second-order valence-electron chi connectivity index (χ2n) is 5.02. The molecular formula is C15H19ClFN3O2. The number of methoxy groups -OCH3 is 1. The first-order chi connectivity index (χ1) is 10.4. The summed E-state index contributed by atoms with van der Waals surface area (Å²) in [5, 5.41) is 17.5. The van der Waals surface area contributed by atoms with Crippen LogP contribution in [0.25, 0.3) is 0 Å². The molecule has 2 rings (SSSR count). The molecule has 0 saturated carbocycles. The number of hydrogen-bond acceptors (Lipinski definition) is 4. The summed E-state index contributed by atoms with van der Waals surface area (Å²) in [6.07, 6.45) is -0.824. The molecular weight excluding hydrogens is 309 g/mol. The Morgan fingerprint density at radius 2 is 2.23 bits per heavy atom. The molecule has 7 heteroatoms. The second-order valence-corrected chi connectivity index (χ2v) is 5.42. The third-order valence-corrected chi connectivity index (χ3v) is 3.76. The first kappa shape index (κ1) is 16.7. The van der Waals surface area contributed by atoms with Gasteiger partial charge in [0.25, 0.3) is 0 Å². The van der Waals surface area contributed by atoms with Gasteiger partial charge in [-0.25, -0.2) is 9.07 Å². The molecule has 1 atom stereocenters. The zero-order chi connectivity index (χ0) is 16.3. The zero-order valence-electron chi connectivity index (χ0n) is 12.7. The number of hydrogen-bond donors (Lipinski definition) is 2. The van der Waals surface area contributed by atoms with Gasteiger partial charge in [0, 0.05) is 20.1 Å². The minimum Gasteiger partial charge on any atom is -0.481 e. The van der Waals surface area contributed by atoms with Crippen molar-refractivity contribution in [3.63, 3.8) is 0 Å². The van der Waals surface area contributed by atoms with E-state index >= 15 is 0 Å². The van der Waals surface area contributed by atoms with E-state index in [1.165, 1.54) is 12.1 Å². The Hall–Kier alpha value is -1.63. The van der Waals surface area contributed by atoms with E-state index in [2.05, 4.69) is 10.4 Å². The van der Waals surface area contributed by atoms with Gasteiger partial charge in [0.05, 0.1) is 29.5 Å². The normalized spacial score (nSPS) is 12.5. The average molecular weight is 328 g/mol. The van der Waals surface area contributed by atoms with Crippen LogP contribution in [0.2, 0.25) is 5.02 Å². The Bertz CT molecular complexity index is 660. The maximum atomic E-state index is 13.4. The molecule has 1 aromatic carbocycles. The summed E-state index contributed by atoms with van der Waals surface area (Å²) in [6.45, 7) is 2.67. The highest BCUT2D eigenvalue weighted by atomic mass is 35.5. The van der Waals surface area contributed by atoms with Gasteiger partial charge < -0.3 is 15.2 Å². The van der Waals surface area contributed by atoms with E-state index in [4.69, 9.17) is 16.3 Å². The number of aliphatic hydroxyl groups is 1. The standard InChI is InChI=1S/C15H19ClFN3O2/c1-9-11(15(22-3)20(2)19-9)7-18-8-14(21)10-4-5-12(16)13(17)6-10/h4-6,14,18,21H,7-8H2,1-3H3. The van der Waals surface area contributed by atoms with E-state index in [9.17, 15) is 9.50 Å². The molecule has 0 amide bonds. The van der Waals surface area contributed by atoms with Crippen LogP contribution in [0, 0.1) is 12.7 Å². The van der Waals surface area contributed by atoms with Crippen molar-refractivity contribution in [1.29, 1.82) is 0 Å². The molecule has 2 N–H and O–H groups in total. The average Bonchev–Trinajstić information content (AvgIpc) is 2.75. The van der Waals surface area contributed by atoms with Gasteiger partial charge in [-0.3, -0.25) is 0 Å². The summed E-state index contributed by atoms with van der Waals surface area (Å²) in [7, 11) is 3.39. The van der Waals surface area contributed by atoms with Crippen LogP contribution >= 0.6 is 11.6 Å². The van der Waals surface area contributed by atoms with E-state index in [0.29, 0.717) is 18.0 Å². The molecule has 1 unspecified atom stereocenters. The summed E-state index contributed by atoms with van der Waals surface area (Å²) in [6, 6.07) is 4.28. The fourth-order valence-corrected chi connectivity index (χ4v) is 2.43. The second kappa shape index (κ2) is 7.09. The molecule has 5 nitrogen and oxygen atoms in total. The van der Waals surface area contributed by atoms with E-state index < -0.39 is 11.9 Å². The Labute approximate surface area is 133 Å². The SMILES string of the molecule is COc1c(CNCC(O)c2ccc(Cl)c(F)c2)c(C)nn1C. The Balaban J connectivity index is 1.97. The zero-order valence-corrected chi connectivity index (χ0v) is 13.5. The van der Waals surface area contributed by atoms with Gasteiger partial charge >= 0.3 is 0 Å². The Kier molecular flexibility index (Phi) is 5.39.